The molecule has 3 saturated heterocycles. The van der Waals surface area contributed by atoms with Crippen molar-refractivity contribution >= 4 is 28.2 Å². The number of ether oxygens (including phenoxy) is 2. The van der Waals surface area contributed by atoms with Crippen molar-refractivity contribution in [2.45, 2.75) is 82.6 Å². The molecule has 14 heteroatoms. The minimum absolute atomic E-state index is 0.00539. The zero-order valence-electron chi connectivity index (χ0n) is 23.5. The number of halogens is 5. The van der Waals surface area contributed by atoms with Gasteiger partial charge >= 0.3 is 6.36 Å². The molecule has 3 aromatic rings. The van der Waals surface area contributed by atoms with Gasteiger partial charge in [-0.2, -0.15) is 0 Å². The van der Waals surface area contributed by atoms with Crippen LogP contribution < -0.4 is 30.7 Å². The number of fused-ring (bicyclic) bond motifs is 5. The number of hydrogen-bond acceptors (Lipinski definition) is 8. The average molecular weight is 605 g/mol. The quantitative estimate of drug-likeness (QED) is 0.289. The Bertz CT molecular complexity index is 1700. The highest BCUT2D eigenvalue weighted by atomic mass is 19.4. The van der Waals surface area contributed by atoms with Crippen LogP contribution in [0, 0.1) is 18.6 Å². The Hall–Kier alpha value is -3.94. The summed E-state index contributed by atoms with van der Waals surface area (Å²) in [7, 11) is 0. The number of pyridine rings is 2. The number of alkyl halides is 3. The van der Waals surface area contributed by atoms with E-state index in [1.807, 2.05) is 6.92 Å². The van der Waals surface area contributed by atoms with Crippen molar-refractivity contribution < 1.29 is 36.2 Å². The Morgan fingerprint density at radius 3 is 2.65 bits per heavy atom. The first-order valence-corrected chi connectivity index (χ1v) is 14.1. The molecule has 43 heavy (non-hydrogen) atoms. The second-order valence-corrected chi connectivity index (χ2v) is 12.2. The SMILES string of the molecule is Cc1c(C2CCC(=O)N2)nc2c3c(nc(-c4cc(N)cc(F)c4OC(F)(F)F)c(F)c13)O[C@@H](C)[C@@H]1[C@@H]3CC[C@](C)(CN21)N3. The van der Waals surface area contributed by atoms with E-state index in [0.717, 1.165) is 18.9 Å². The van der Waals surface area contributed by atoms with Crippen LogP contribution in [0.15, 0.2) is 12.1 Å². The van der Waals surface area contributed by atoms with Gasteiger partial charge in [-0.05, 0) is 51.7 Å². The Morgan fingerprint density at radius 1 is 1.19 bits per heavy atom. The number of carbonyl (C=O) groups excluding carboxylic acids is 1. The van der Waals surface area contributed by atoms with Gasteiger partial charge in [0.2, 0.25) is 11.8 Å². The molecule has 0 saturated carbocycles. The molecule has 0 aliphatic carbocycles. The molecule has 1 aromatic carbocycles. The van der Waals surface area contributed by atoms with Crippen LogP contribution in [-0.4, -0.2) is 52.5 Å². The number of anilines is 2. The molecule has 3 fully saturated rings. The number of rotatable bonds is 3. The molecule has 6 heterocycles. The van der Waals surface area contributed by atoms with Gasteiger partial charge in [0, 0.05) is 41.7 Å². The van der Waals surface area contributed by atoms with Crippen LogP contribution in [0.1, 0.15) is 56.8 Å². The van der Waals surface area contributed by atoms with E-state index in [1.54, 1.807) is 6.92 Å². The molecule has 7 rings (SSSR count). The highest BCUT2D eigenvalue weighted by Crippen LogP contribution is 2.49. The summed E-state index contributed by atoms with van der Waals surface area (Å²) in [6, 6.07) is 0.935. The van der Waals surface area contributed by atoms with E-state index in [2.05, 4.69) is 32.2 Å². The maximum Gasteiger partial charge on any atom is 0.573 e. The average Bonchev–Trinajstić information content (AvgIpc) is 3.45. The predicted octanol–water partition coefficient (Wildman–Crippen LogP) is 4.80. The molecule has 4 N–H and O–H groups in total. The van der Waals surface area contributed by atoms with Gasteiger partial charge in [0.1, 0.15) is 17.6 Å². The van der Waals surface area contributed by atoms with Crippen molar-refractivity contribution in [3.05, 3.63) is 35.0 Å². The molecule has 1 unspecified atom stereocenters. The summed E-state index contributed by atoms with van der Waals surface area (Å²) in [6.45, 7) is 6.13. The second kappa shape index (κ2) is 9.28. The fourth-order valence-corrected chi connectivity index (χ4v) is 7.31. The van der Waals surface area contributed by atoms with Crippen LogP contribution >= 0.6 is 0 Å². The van der Waals surface area contributed by atoms with Crippen LogP contribution in [0.25, 0.3) is 22.0 Å². The Balaban J connectivity index is 1.54. The van der Waals surface area contributed by atoms with Crippen molar-refractivity contribution in [1.29, 1.82) is 0 Å². The summed E-state index contributed by atoms with van der Waals surface area (Å²) in [5.41, 5.74) is 4.87. The third-order valence-electron chi connectivity index (χ3n) is 9.06. The standard InChI is InChI=1S/C29H29F5N6O3/c1-11-19-20-26(37-22(11)16-4-5-18(41)36-16)40-10-28(3)7-6-17(39-28)24(40)12(2)42-27(20)38-23(21(19)31)14-8-13(35)9-15(30)25(14)43-29(32,33)34/h8-9,12,16-17,24,39H,4-7,10,35H2,1-3H3,(H,36,41)/t12-,16?,17-,24+,28+/m0/s1. The monoisotopic (exact) mass is 604 g/mol. The van der Waals surface area contributed by atoms with Crippen LogP contribution in [-0.2, 0) is 4.79 Å². The van der Waals surface area contributed by atoms with Gasteiger partial charge in [0.25, 0.3) is 0 Å². The van der Waals surface area contributed by atoms with Gasteiger partial charge in [-0.1, -0.05) is 0 Å². The van der Waals surface area contributed by atoms with Crippen LogP contribution in [0.5, 0.6) is 11.6 Å². The van der Waals surface area contributed by atoms with Gasteiger partial charge in [-0.25, -0.2) is 18.7 Å². The highest BCUT2D eigenvalue weighted by Gasteiger charge is 2.51. The largest absolute Gasteiger partial charge is 0.573 e. The maximum atomic E-state index is 16.9. The van der Waals surface area contributed by atoms with E-state index in [-0.39, 0.29) is 52.3 Å². The summed E-state index contributed by atoms with van der Waals surface area (Å²) < 4.78 is 82.3. The molecular formula is C29H29F5N6O3. The predicted molar refractivity (Wildman–Crippen MR) is 147 cm³/mol. The topological polar surface area (TPSA) is 115 Å². The third kappa shape index (κ3) is 4.40. The molecule has 4 aliphatic rings. The molecular weight excluding hydrogens is 575 g/mol. The maximum absolute atomic E-state index is 16.9. The number of benzene rings is 1. The fraction of sp³-hybridized carbons (Fsp3) is 0.483. The Labute approximate surface area is 242 Å². The lowest BCUT2D eigenvalue weighted by Gasteiger charge is -2.46. The first-order valence-electron chi connectivity index (χ1n) is 14.1. The number of nitrogens with zero attached hydrogens (tertiary/aromatic N) is 3. The lowest BCUT2D eigenvalue weighted by atomic mass is 9.94. The highest BCUT2D eigenvalue weighted by molar-refractivity contribution is 6.02. The number of nitrogens with two attached hydrogens (primary N) is 1. The Kier molecular flexibility index (Phi) is 6.01. The summed E-state index contributed by atoms with van der Waals surface area (Å²) in [5.74, 6) is -3.50. The molecule has 228 valence electrons. The second-order valence-electron chi connectivity index (χ2n) is 12.2. The zero-order chi connectivity index (χ0) is 30.6. The molecule has 1 amide bonds. The van der Waals surface area contributed by atoms with Gasteiger partial charge in [0.05, 0.1) is 28.7 Å². The number of aryl methyl sites for hydroxylation is 1. The molecule has 0 radical (unpaired) electrons. The molecule has 2 bridgehead atoms. The van der Waals surface area contributed by atoms with Gasteiger partial charge in [0.15, 0.2) is 17.4 Å². The third-order valence-corrected chi connectivity index (χ3v) is 9.06. The van der Waals surface area contributed by atoms with Crippen LogP contribution in [0.2, 0.25) is 0 Å². The van der Waals surface area contributed by atoms with Crippen molar-refractivity contribution in [2.24, 2.45) is 0 Å². The molecule has 5 atom stereocenters. The van der Waals surface area contributed by atoms with Gasteiger partial charge < -0.3 is 30.7 Å². The number of carbonyl (C=O) groups is 1. The first kappa shape index (κ1) is 27.9. The number of aromatic nitrogens is 2. The number of piperazine rings is 1. The molecule has 2 aromatic heterocycles. The van der Waals surface area contributed by atoms with Crippen molar-refractivity contribution in [3.8, 4) is 22.9 Å². The molecule has 0 spiro atoms. The Morgan fingerprint density at radius 2 is 1.95 bits per heavy atom. The van der Waals surface area contributed by atoms with Crippen molar-refractivity contribution in [2.75, 3.05) is 17.2 Å². The van der Waals surface area contributed by atoms with Crippen molar-refractivity contribution in [1.82, 2.24) is 20.6 Å². The molecule has 4 aliphatic heterocycles. The minimum atomic E-state index is -5.28. The lowest BCUT2D eigenvalue weighted by Crippen LogP contribution is -2.66. The smallest absolute Gasteiger partial charge is 0.472 e. The number of hydrogen-bond donors (Lipinski definition) is 3. The normalized spacial score (nSPS) is 28.0. The van der Waals surface area contributed by atoms with Crippen molar-refractivity contribution in [3.63, 3.8) is 0 Å². The molecule has 9 nitrogen and oxygen atoms in total. The summed E-state index contributed by atoms with van der Waals surface area (Å²) in [4.78, 5) is 23.7. The van der Waals surface area contributed by atoms with E-state index >= 15 is 4.39 Å². The fourth-order valence-electron chi connectivity index (χ4n) is 7.31. The van der Waals surface area contributed by atoms with E-state index in [1.165, 1.54) is 0 Å². The van der Waals surface area contributed by atoms with Crippen LogP contribution in [0.4, 0.5) is 33.5 Å². The van der Waals surface area contributed by atoms with Gasteiger partial charge in [-0.15, -0.1) is 13.2 Å². The zero-order valence-corrected chi connectivity index (χ0v) is 23.5. The van der Waals surface area contributed by atoms with E-state index < -0.39 is 47.1 Å². The summed E-state index contributed by atoms with van der Waals surface area (Å²) in [5, 5.41) is 6.84. The lowest BCUT2D eigenvalue weighted by molar-refractivity contribution is -0.275. The summed E-state index contributed by atoms with van der Waals surface area (Å²) in [6.07, 6.45) is -3.28. The van der Waals surface area contributed by atoms with Gasteiger partial charge in [-0.3, -0.25) is 4.79 Å². The number of amides is 1. The summed E-state index contributed by atoms with van der Waals surface area (Å²) >= 11 is 0. The first-order chi connectivity index (χ1) is 20.2. The van der Waals surface area contributed by atoms with E-state index in [4.69, 9.17) is 15.5 Å². The van der Waals surface area contributed by atoms with E-state index in [0.29, 0.717) is 36.1 Å². The van der Waals surface area contributed by atoms with Crippen LogP contribution in [0.3, 0.4) is 0 Å². The minimum Gasteiger partial charge on any atom is -0.472 e. The number of nitrogens with one attached hydrogen (secondary N) is 2. The van der Waals surface area contributed by atoms with E-state index in [9.17, 15) is 22.4 Å². The number of nitrogen functional groups attached to an aromatic ring is 1.